The summed E-state index contributed by atoms with van der Waals surface area (Å²) >= 11 is 0. The highest BCUT2D eigenvalue weighted by Crippen LogP contribution is 2.45. The van der Waals surface area contributed by atoms with Crippen LogP contribution in [0.5, 0.6) is 0 Å². The smallest absolute Gasteiger partial charge is 0.462 e. The van der Waals surface area contributed by atoms with Crippen molar-refractivity contribution in [2.75, 3.05) is 39.6 Å². The first-order valence-corrected chi connectivity index (χ1v) is 43.2. The standard InChI is InChI=1S/C81H146O17P2/c1-5-9-13-17-21-25-29-33-36-37-40-43-46-50-54-58-62-66-79(84)92-72-77(98-81(86)68-64-60-56-52-48-44-39-35-31-27-23-19-15-11-7-3)74-96-100(89,90)94-70-75(82)69-93-99(87,88)95-73-76(97-80(85)67-63-59-55-51-47-41-32-28-24-20-16-12-8-4)71-91-78(83)65-61-57-53-49-45-42-38-34-30-26-22-18-14-10-6-2/h9,13,21-22,25-26,33-36,38-39,75-77,82H,5-8,10-12,14-20,23-24,27-32,37,40-74H2,1-4H3,(H,87,88)(H,89,90)/b13-9-,25-21-,26-22-,36-33-,38-34-,39-35-. The molecule has 100 heavy (non-hydrogen) atoms. The van der Waals surface area contributed by atoms with Crippen LogP contribution in [0, 0.1) is 0 Å². The zero-order chi connectivity index (χ0) is 73.2. The first-order chi connectivity index (χ1) is 48.7. The second kappa shape index (κ2) is 73.8. The maximum absolute atomic E-state index is 13.1. The summed E-state index contributed by atoms with van der Waals surface area (Å²) in [4.78, 5) is 73.0. The van der Waals surface area contributed by atoms with Gasteiger partial charge in [-0.25, -0.2) is 9.13 Å². The summed E-state index contributed by atoms with van der Waals surface area (Å²) in [5.74, 6) is -2.18. The molecule has 0 aliphatic carbocycles. The molecule has 0 fully saturated rings. The molecule has 0 radical (unpaired) electrons. The SMILES string of the molecule is CC/C=C\C/C=C\C/C=C\CCCCCCCCCC(=O)OCC(COP(=O)(O)OCC(O)COP(=O)(O)OCC(COC(=O)CCCCCCC/C=C\C/C=C\CCCCC)OC(=O)CCCCCCCCCCCCCCC)OC(=O)CCCCCCC/C=C\CCCCCCCC. The van der Waals surface area contributed by atoms with Gasteiger partial charge in [-0.1, -0.05) is 293 Å². The molecule has 5 atom stereocenters. The summed E-state index contributed by atoms with van der Waals surface area (Å²) in [6.45, 7) is 4.76. The fourth-order valence-electron chi connectivity index (χ4n) is 11.0. The molecule has 0 heterocycles. The normalized spacial score (nSPS) is 14.3. The van der Waals surface area contributed by atoms with Crippen LogP contribution in [0.1, 0.15) is 362 Å². The Morgan fingerprint density at radius 3 is 0.830 bits per heavy atom. The van der Waals surface area contributed by atoms with Crippen molar-refractivity contribution in [1.82, 2.24) is 0 Å². The van der Waals surface area contributed by atoms with Gasteiger partial charge in [-0.05, 0) is 116 Å². The Labute approximate surface area is 609 Å². The zero-order valence-electron chi connectivity index (χ0n) is 63.6. The average Bonchev–Trinajstić information content (AvgIpc) is 1.06. The summed E-state index contributed by atoms with van der Waals surface area (Å²) in [7, 11) is -9.95. The highest BCUT2D eigenvalue weighted by atomic mass is 31.2. The van der Waals surface area contributed by atoms with E-state index in [1.54, 1.807) is 0 Å². The van der Waals surface area contributed by atoms with Crippen molar-refractivity contribution in [3.63, 3.8) is 0 Å². The van der Waals surface area contributed by atoms with Gasteiger partial charge in [0.2, 0.25) is 0 Å². The summed E-state index contributed by atoms with van der Waals surface area (Å²) in [5, 5.41) is 10.6. The molecule has 5 unspecified atom stereocenters. The summed E-state index contributed by atoms with van der Waals surface area (Å²) in [6.07, 6.45) is 74.4. The lowest BCUT2D eigenvalue weighted by atomic mass is 10.0. The maximum atomic E-state index is 13.1. The number of carbonyl (C=O) groups is 4. The van der Waals surface area contributed by atoms with Crippen LogP contribution in [0.4, 0.5) is 0 Å². The molecule has 0 aliphatic rings. The van der Waals surface area contributed by atoms with E-state index in [4.69, 9.17) is 37.0 Å². The lowest BCUT2D eigenvalue weighted by Gasteiger charge is -2.21. The molecule has 0 aliphatic heterocycles. The van der Waals surface area contributed by atoms with Crippen LogP contribution in [-0.2, 0) is 65.4 Å². The molecule has 0 aromatic heterocycles. The van der Waals surface area contributed by atoms with Crippen LogP contribution in [-0.4, -0.2) is 96.7 Å². The van der Waals surface area contributed by atoms with Crippen LogP contribution in [0.15, 0.2) is 72.9 Å². The summed E-state index contributed by atoms with van der Waals surface area (Å²) in [6, 6.07) is 0. The van der Waals surface area contributed by atoms with Gasteiger partial charge in [0.15, 0.2) is 12.2 Å². The van der Waals surface area contributed by atoms with Gasteiger partial charge in [-0.3, -0.25) is 37.3 Å². The van der Waals surface area contributed by atoms with Crippen LogP contribution in [0.3, 0.4) is 0 Å². The molecule has 0 saturated carbocycles. The molecule has 0 aromatic rings. The fourth-order valence-corrected chi connectivity index (χ4v) is 12.6. The molecule has 0 aromatic carbocycles. The van der Waals surface area contributed by atoms with Crippen molar-refractivity contribution in [1.29, 1.82) is 0 Å². The Balaban J connectivity index is 5.34. The number of carbonyl (C=O) groups excluding carboxylic acids is 4. The van der Waals surface area contributed by atoms with E-state index >= 15 is 0 Å². The van der Waals surface area contributed by atoms with Crippen molar-refractivity contribution in [2.45, 2.75) is 380 Å². The van der Waals surface area contributed by atoms with Gasteiger partial charge in [-0.15, -0.1) is 0 Å². The number of hydrogen-bond acceptors (Lipinski definition) is 15. The molecular formula is C81H146O17P2. The number of esters is 4. The molecule has 0 saturated heterocycles. The maximum Gasteiger partial charge on any atom is 0.472 e. The van der Waals surface area contributed by atoms with Crippen molar-refractivity contribution in [3.8, 4) is 0 Å². The monoisotopic (exact) mass is 1450 g/mol. The lowest BCUT2D eigenvalue weighted by molar-refractivity contribution is -0.161. The Kier molecular flexibility index (Phi) is 71.2. The highest BCUT2D eigenvalue weighted by Gasteiger charge is 2.30. The molecule has 0 bridgehead atoms. The first kappa shape index (κ1) is 96.5. The van der Waals surface area contributed by atoms with Gasteiger partial charge in [0.05, 0.1) is 26.4 Å². The van der Waals surface area contributed by atoms with E-state index in [2.05, 4.69) is 101 Å². The van der Waals surface area contributed by atoms with Gasteiger partial charge in [-0.2, -0.15) is 0 Å². The zero-order valence-corrected chi connectivity index (χ0v) is 65.4. The lowest BCUT2D eigenvalue weighted by Crippen LogP contribution is -2.30. The van der Waals surface area contributed by atoms with Gasteiger partial charge in [0, 0.05) is 25.7 Å². The van der Waals surface area contributed by atoms with Crippen molar-refractivity contribution >= 4 is 39.5 Å². The third kappa shape index (κ3) is 72.8. The van der Waals surface area contributed by atoms with Crippen molar-refractivity contribution in [3.05, 3.63) is 72.9 Å². The van der Waals surface area contributed by atoms with Gasteiger partial charge in [0.1, 0.15) is 19.3 Å². The second-order valence-electron chi connectivity index (χ2n) is 27.0. The Bertz CT molecular complexity index is 2180. The highest BCUT2D eigenvalue weighted by molar-refractivity contribution is 7.47. The Morgan fingerprint density at radius 2 is 0.520 bits per heavy atom. The number of aliphatic hydroxyl groups excluding tert-OH is 1. The van der Waals surface area contributed by atoms with Crippen molar-refractivity contribution in [2.24, 2.45) is 0 Å². The first-order valence-electron chi connectivity index (χ1n) is 40.2. The number of ether oxygens (including phenoxy) is 4. The molecular weight excluding hydrogens is 1310 g/mol. The van der Waals surface area contributed by atoms with Crippen LogP contribution < -0.4 is 0 Å². The van der Waals surface area contributed by atoms with E-state index in [-0.39, 0.29) is 25.7 Å². The van der Waals surface area contributed by atoms with Gasteiger partial charge < -0.3 is 33.8 Å². The number of aliphatic hydroxyl groups is 1. The van der Waals surface area contributed by atoms with E-state index in [0.29, 0.717) is 25.7 Å². The summed E-state index contributed by atoms with van der Waals surface area (Å²) in [5.41, 5.74) is 0. The van der Waals surface area contributed by atoms with Crippen LogP contribution >= 0.6 is 15.6 Å². The largest absolute Gasteiger partial charge is 0.472 e. The Morgan fingerprint density at radius 1 is 0.290 bits per heavy atom. The predicted molar refractivity (Wildman–Crippen MR) is 409 cm³/mol. The molecule has 0 amide bonds. The van der Waals surface area contributed by atoms with Crippen LogP contribution in [0.25, 0.3) is 0 Å². The van der Waals surface area contributed by atoms with Gasteiger partial charge >= 0.3 is 39.5 Å². The third-order valence-corrected chi connectivity index (χ3v) is 19.1. The second-order valence-corrected chi connectivity index (χ2v) is 29.9. The molecule has 19 heteroatoms. The number of hydrogen-bond donors (Lipinski definition) is 3. The number of allylic oxidation sites excluding steroid dienone is 12. The van der Waals surface area contributed by atoms with Gasteiger partial charge in [0.25, 0.3) is 0 Å². The van der Waals surface area contributed by atoms with E-state index in [1.807, 2.05) is 0 Å². The van der Waals surface area contributed by atoms with Crippen molar-refractivity contribution < 1.29 is 80.2 Å². The third-order valence-electron chi connectivity index (χ3n) is 17.2. The minimum Gasteiger partial charge on any atom is -0.462 e. The predicted octanol–water partition coefficient (Wildman–Crippen LogP) is 23.2. The molecule has 17 nitrogen and oxygen atoms in total. The van der Waals surface area contributed by atoms with E-state index in [9.17, 15) is 43.2 Å². The molecule has 582 valence electrons. The van der Waals surface area contributed by atoms with E-state index in [1.165, 1.54) is 109 Å². The fraction of sp³-hybridized carbons (Fsp3) is 0.802. The topological polar surface area (TPSA) is 237 Å². The minimum atomic E-state index is -4.98. The Hall–Kier alpha value is -3.50. The number of rotatable bonds is 76. The molecule has 3 N–H and O–H groups in total. The summed E-state index contributed by atoms with van der Waals surface area (Å²) < 4.78 is 68.6. The number of phosphoric acid groups is 2. The minimum absolute atomic E-state index is 0.0855. The number of phosphoric ester groups is 2. The number of unbranched alkanes of at least 4 members (excludes halogenated alkanes) is 38. The molecule has 0 spiro atoms. The van der Waals surface area contributed by atoms with Crippen LogP contribution in [0.2, 0.25) is 0 Å². The molecule has 0 rings (SSSR count). The van der Waals surface area contributed by atoms with E-state index in [0.717, 1.165) is 173 Å². The average molecular weight is 1450 g/mol. The van der Waals surface area contributed by atoms with E-state index < -0.39 is 97.5 Å². The quantitative estimate of drug-likeness (QED) is 0.0169.